The zero-order valence-corrected chi connectivity index (χ0v) is 35.6. The molecule has 3 fully saturated rings. The van der Waals surface area contributed by atoms with Crippen LogP contribution in [0.5, 0.6) is 0 Å². The highest BCUT2D eigenvalue weighted by molar-refractivity contribution is 6.00. The molecule has 13 heteroatoms. The maximum Gasteiger partial charge on any atom is 0.265 e. The third kappa shape index (κ3) is 13.2. The van der Waals surface area contributed by atoms with Crippen molar-refractivity contribution in [3.05, 3.63) is 107 Å². The lowest BCUT2D eigenvalue weighted by Crippen LogP contribution is -2.52. The number of carbonyl (C=O) groups is 6. The minimum atomic E-state index is -0.986. The summed E-state index contributed by atoms with van der Waals surface area (Å²) in [5.74, 6) is -2.83. The first-order valence-corrected chi connectivity index (χ1v) is 22.4. The van der Waals surface area contributed by atoms with Crippen LogP contribution in [0, 0.1) is 11.8 Å². The van der Waals surface area contributed by atoms with Gasteiger partial charge in [0.25, 0.3) is 11.8 Å². The second-order valence-electron chi connectivity index (χ2n) is 16.9. The first-order valence-electron chi connectivity index (χ1n) is 22.4. The average Bonchev–Trinajstić information content (AvgIpc) is 4.19. The molecule has 0 radical (unpaired) electrons. The molecule has 3 aromatic rings. The van der Waals surface area contributed by atoms with Gasteiger partial charge in [0.2, 0.25) is 23.6 Å². The quantitative estimate of drug-likeness (QED) is 0.0720. The van der Waals surface area contributed by atoms with Crippen LogP contribution in [-0.2, 0) is 19.2 Å². The van der Waals surface area contributed by atoms with E-state index >= 15 is 0 Å². The van der Waals surface area contributed by atoms with Crippen molar-refractivity contribution in [3.8, 4) is 0 Å². The molecule has 1 saturated heterocycles. The predicted octanol–water partition coefficient (Wildman–Crippen LogP) is 5.11. The maximum absolute atomic E-state index is 13.8. The van der Waals surface area contributed by atoms with Crippen molar-refractivity contribution in [2.75, 3.05) is 26.2 Å². The highest BCUT2D eigenvalue weighted by atomic mass is 16.2. The largest absolute Gasteiger partial charge is 0.354 e. The van der Waals surface area contributed by atoms with Crippen LogP contribution in [0.4, 0.5) is 0 Å². The Labute approximate surface area is 359 Å². The number of rotatable bonds is 23. The maximum atomic E-state index is 13.8. The van der Waals surface area contributed by atoms with E-state index in [2.05, 4.69) is 70.1 Å². The van der Waals surface area contributed by atoms with Gasteiger partial charge in [0.15, 0.2) is 0 Å². The van der Waals surface area contributed by atoms with Gasteiger partial charge in [0.1, 0.15) is 6.04 Å². The second kappa shape index (κ2) is 22.3. The third-order valence-electron chi connectivity index (χ3n) is 12.1. The highest BCUT2D eigenvalue weighted by Gasteiger charge is 2.48. The van der Waals surface area contributed by atoms with Crippen molar-refractivity contribution in [2.24, 2.45) is 11.8 Å². The van der Waals surface area contributed by atoms with Crippen LogP contribution in [0.3, 0.4) is 0 Å². The molecular formula is C48H63N7O6. The Bertz CT molecular complexity index is 1870. The first-order chi connectivity index (χ1) is 29.6. The topological polar surface area (TPSA) is 178 Å². The lowest BCUT2D eigenvalue weighted by molar-refractivity contribution is -0.133. The molecule has 0 aromatic heterocycles. The van der Waals surface area contributed by atoms with Crippen LogP contribution in [-0.4, -0.2) is 84.8 Å². The molecule has 61 heavy (non-hydrogen) atoms. The van der Waals surface area contributed by atoms with Crippen LogP contribution in [0.2, 0.25) is 0 Å². The molecular weight excluding hydrogens is 771 g/mol. The van der Waals surface area contributed by atoms with Crippen molar-refractivity contribution in [3.63, 3.8) is 0 Å². The van der Waals surface area contributed by atoms with Gasteiger partial charge in [-0.2, -0.15) is 0 Å². The molecule has 0 spiro atoms. The Morgan fingerprint density at radius 3 is 1.64 bits per heavy atom. The Morgan fingerprint density at radius 1 is 0.607 bits per heavy atom. The number of unbranched alkanes of at least 4 members (excludes halogenated alkanes) is 6. The fraction of sp³-hybridized carbons (Fsp3) is 0.500. The van der Waals surface area contributed by atoms with Crippen LogP contribution in [0.1, 0.15) is 128 Å². The summed E-state index contributed by atoms with van der Waals surface area (Å²) in [7, 11) is 0. The number of carbonyl (C=O) groups excluding carboxylic acids is 6. The van der Waals surface area contributed by atoms with Gasteiger partial charge in [-0.05, 0) is 61.1 Å². The monoisotopic (exact) mass is 833 g/mol. The highest BCUT2D eigenvalue weighted by Crippen LogP contribution is 2.42. The molecule has 1 heterocycles. The van der Waals surface area contributed by atoms with Crippen molar-refractivity contribution in [1.82, 2.24) is 37.0 Å². The van der Waals surface area contributed by atoms with Crippen LogP contribution < -0.4 is 32.0 Å². The van der Waals surface area contributed by atoms with Gasteiger partial charge in [0.05, 0.1) is 11.8 Å². The summed E-state index contributed by atoms with van der Waals surface area (Å²) in [4.78, 5) is 80.3. The fourth-order valence-corrected chi connectivity index (χ4v) is 8.19. The molecule has 1 aliphatic heterocycles. The summed E-state index contributed by atoms with van der Waals surface area (Å²) in [6.45, 7) is 4.95. The number of nitrogens with zero attached hydrogens (tertiary/aromatic N) is 1. The summed E-state index contributed by atoms with van der Waals surface area (Å²) in [6, 6.07) is 25.1. The lowest BCUT2D eigenvalue weighted by Gasteiger charge is -2.20. The minimum absolute atomic E-state index is 0.0110. The van der Waals surface area contributed by atoms with Crippen molar-refractivity contribution < 1.29 is 28.8 Å². The summed E-state index contributed by atoms with van der Waals surface area (Å²) >= 11 is 0. The molecule has 7 atom stereocenters. The predicted molar refractivity (Wildman–Crippen MR) is 234 cm³/mol. The van der Waals surface area contributed by atoms with Crippen molar-refractivity contribution >= 4 is 35.4 Å². The number of nitrogens with one attached hydrogen (secondary N) is 6. The van der Waals surface area contributed by atoms with Gasteiger partial charge in [-0.1, -0.05) is 113 Å². The van der Waals surface area contributed by atoms with E-state index in [1.54, 1.807) is 5.01 Å². The molecule has 2 aliphatic carbocycles. The smallest absolute Gasteiger partial charge is 0.265 e. The minimum Gasteiger partial charge on any atom is -0.354 e. The Balaban J connectivity index is 1.05. The Kier molecular flexibility index (Phi) is 16.5. The SMILES string of the molecule is CCCCCCNC(=O)[C@@H](CNC(=O)CCCCCC)NC(=O)c1ccc(C(=O)NN2C[C@@H](C(=O)N[C@H]3C[C@@H]3c3ccccc3)[C@H](C(=O)N[C@H]3C[C@@H]3c3ccccc3)C2)cc1. The first kappa shape index (κ1) is 45.0. The van der Waals surface area contributed by atoms with Gasteiger partial charge in [-0.3, -0.25) is 34.2 Å². The van der Waals surface area contributed by atoms with Gasteiger partial charge >= 0.3 is 0 Å². The normalized spacial score (nSPS) is 22.0. The van der Waals surface area contributed by atoms with E-state index in [4.69, 9.17) is 0 Å². The van der Waals surface area contributed by atoms with E-state index in [1.807, 2.05) is 36.4 Å². The Hall–Kier alpha value is -5.56. The van der Waals surface area contributed by atoms with Crippen molar-refractivity contribution in [2.45, 2.75) is 114 Å². The van der Waals surface area contributed by atoms with Crippen molar-refractivity contribution in [1.29, 1.82) is 0 Å². The summed E-state index contributed by atoms with van der Waals surface area (Å²) in [6.07, 6.45) is 9.78. The van der Waals surface area contributed by atoms with E-state index in [0.29, 0.717) is 13.0 Å². The van der Waals surface area contributed by atoms with E-state index in [1.165, 1.54) is 35.4 Å². The lowest BCUT2D eigenvalue weighted by atomic mass is 9.94. The Morgan fingerprint density at radius 2 is 1.11 bits per heavy atom. The molecule has 2 saturated carbocycles. The summed E-state index contributed by atoms with van der Waals surface area (Å²) in [5.41, 5.74) is 5.74. The summed E-state index contributed by atoms with van der Waals surface area (Å²) in [5, 5.41) is 16.4. The zero-order valence-electron chi connectivity index (χ0n) is 35.6. The average molecular weight is 834 g/mol. The molecule has 3 aliphatic rings. The fourth-order valence-electron chi connectivity index (χ4n) is 8.19. The third-order valence-corrected chi connectivity index (χ3v) is 12.1. The molecule has 326 valence electrons. The molecule has 3 aromatic carbocycles. The standard InChI is InChI=1S/C48H63N7O6/c1-3-5-7-15-21-43(56)50-29-42(48(61)49-26-16-8-6-4-2)53-44(57)34-22-24-35(25-23-34)45(58)54-55-30-38(46(59)51-40-27-36(40)32-17-11-9-12-18-32)39(31-55)47(60)52-41-28-37(41)33-19-13-10-14-20-33/h9-14,17-20,22-25,36-42H,3-8,15-16,21,26-31H2,1-2H3,(H,49,61)(H,50,56)(H,51,59)(H,52,60)(H,53,57)(H,54,58)/t36-,37-,38-,39-,40+,41+,42-/m1/s1. The van der Waals surface area contributed by atoms with Gasteiger partial charge < -0.3 is 26.6 Å². The molecule has 0 bridgehead atoms. The number of hydrazine groups is 1. The molecule has 6 N–H and O–H groups in total. The van der Waals surface area contributed by atoms with Crippen LogP contribution in [0.15, 0.2) is 84.9 Å². The second-order valence-corrected chi connectivity index (χ2v) is 16.9. The number of benzene rings is 3. The van der Waals surface area contributed by atoms with Crippen LogP contribution >= 0.6 is 0 Å². The number of amides is 6. The van der Waals surface area contributed by atoms with E-state index in [9.17, 15) is 28.8 Å². The number of hydrogen-bond acceptors (Lipinski definition) is 7. The molecule has 6 rings (SSSR count). The van der Waals surface area contributed by atoms with Crippen LogP contribution in [0.25, 0.3) is 0 Å². The van der Waals surface area contributed by atoms with E-state index < -0.39 is 29.7 Å². The van der Waals surface area contributed by atoms with Gasteiger partial charge in [-0.15, -0.1) is 0 Å². The zero-order chi connectivity index (χ0) is 43.1. The van der Waals surface area contributed by atoms with Gasteiger partial charge in [-0.25, -0.2) is 5.01 Å². The van der Waals surface area contributed by atoms with Gasteiger partial charge in [0, 0.05) is 67.6 Å². The molecule has 6 amide bonds. The molecule has 13 nitrogen and oxygen atoms in total. The number of hydrogen-bond donors (Lipinski definition) is 6. The summed E-state index contributed by atoms with van der Waals surface area (Å²) < 4.78 is 0. The van der Waals surface area contributed by atoms with E-state index in [0.717, 1.165) is 64.2 Å². The van der Waals surface area contributed by atoms with E-state index in [-0.39, 0.29) is 78.3 Å². The molecule has 0 unspecified atom stereocenters.